The monoisotopic (exact) mass is 544 g/mol. The standard InChI is InChI=1S/C32H34F2N4O2/c1-32(2,3)40-31(39)37-17-13-22(14-18-37)15-19-38-30(28(21-36-38)23-4-8-26(33)9-5-23)25-12-16-35-29(20-25)24-6-10-27(34)11-7-24/h4-12,16,20-22H,13-15,17-19H2,1-3H3. The normalized spacial score (nSPS) is 14.4. The van der Waals surface area contributed by atoms with Gasteiger partial charge in [-0.05, 0) is 100 Å². The van der Waals surface area contributed by atoms with Crippen LogP contribution in [0.15, 0.2) is 73.1 Å². The zero-order valence-electron chi connectivity index (χ0n) is 23.1. The molecule has 1 amide bonds. The maximum atomic E-state index is 13.7. The van der Waals surface area contributed by atoms with Crippen LogP contribution < -0.4 is 0 Å². The number of hydrogen-bond donors (Lipinski definition) is 0. The molecular weight excluding hydrogens is 510 g/mol. The molecule has 1 fully saturated rings. The molecule has 0 N–H and O–H groups in total. The largest absolute Gasteiger partial charge is 0.444 e. The van der Waals surface area contributed by atoms with Crippen LogP contribution in [0.5, 0.6) is 0 Å². The number of ether oxygens (including phenoxy) is 1. The molecule has 0 spiro atoms. The topological polar surface area (TPSA) is 60.2 Å². The van der Waals surface area contributed by atoms with Gasteiger partial charge in [-0.25, -0.2) is 13.6 Å². The highest BCUT2D eigenvalue weighted by molar-refractivity contribution is 5.82. The van der Waals surface area contributed by atoms with Crippen molar-refractivity contribution in [1.82, 2.24) is 19.7 Å². The first-order chi connectivity index (χ1) is 19.2. The van der Waals surface area contributed by atoms with Crippen molar-refractivity contribution in [3.63, 3.8) is 0 Å². The number of carbonyl (C=O) groups is 1. The average Bonchev–Trinajstić information content (AvgIpc) is 3.36. The second-order valence-electron chi connectivity index (χ2n) is 11.3. The molecule has 2 aromatic carbocycles. The second kappa shape index (κ2) is 11.6. The summed E-state index contributed by atoms with van der Waals surface area (Å²) in [6.07, 6.45) is 6.04. The number of hydrogen-bond acceptors (Lipinski definition) is 4. The second-order valence-corrected chi connectivity index (χ2v) is 11.3. The van der Waals surface area contributed by atoms with Gasteiger partial charge in [-0.1, -0.05) is 12.1 Å². The fourth-order valence-corrected chi connectivity index (χ4v) is 5.09. The Morgan fingerprint density at radius 3 is 2.17 bits per heavy atom. The minimum atomic E-state index is -0.504. The molecule has 0 atom stereocenters. The lowest BCUT2D eigenvalue weighted by atomic mass is 9.93. The highest BCUT2D eigenvalue weighted by Gasteiger charge is 2.27. The van der Waals surface area contributed by atoms with Crippen molar-refractivity contribution in [3.8, 4) is 33.6 Å². The molecule has 1 saturated heterocycles. The summed E-state index contributed by atoms with van der Waals surface area (Å²) in [5, 5.41) is 4.74. The molecule has 208 valence electrons. The SMILES string of the molecule is CC(C)(C)OC(=O)N1CCC(CCn2ncc(-c3ccc(F)cc3)c2-c2ccnc(-c3ccc(F)cc3)c2)CC1. The van der Waals surface area contributed by atoms with E-state index in [1.54, 1.807) is 35.4 Å². The van der Waals surface area contributed by atoms with Crippen molar-refractivity contribution in [2.45, 2.75) is 52.2 Å². The van der Waals surface area contributed by atoms with Crippen molar-refractivity contribution in [1.29, 1.82) is 0 Å². The third-order valence-electron chi connectivity index (χ3n) is 7.18. The molecule has 0 unspecified atom stereocenters. The molecule has 4 aromatic rings. The van der Waals surface area contributed by atoms with Crippen molar-refractivity contribution < 1.29 is 18.3 Å². The maximum absolute atomic E-state index is 13.7. The highest BCUT2D eigenvalue weighted by atomic mass is 19.1. The fourth-order valence-electron chi connectivity index (χ4n) is 5.09. The third-order valence-corrected chi connectivity index (χ3v) is 7.18. The number of amides is 1. The summed E-state index contributed by atoms with van der Waals surface area (Å²) in [6.45, 7) is 7.69. The number of rotatable bonds is 6. The van der Waals surface area contributed by atoms with Crippen LogP contribution in [0.25, 0.3) is 33.6 Å². The van der Waals surface area contributed by atoms with Crippen molar-refractivity contribution >= 4 is 6.09 Å². The van der Waals surface area contributed by atoms with E-state index in [0.29, 0.717) is 25.6 Å². The summed E-state index contributed by atoms with van der Waals surface area (Å²) in [7, 11) is 0. The minimum Gasteiger partial charge on any atom is -0.444 e. The van der Waals surface area contributed by atoms with Gasteiger partial charge in [-0.2, -0.15) is 5.10 Å². The van der Waals surface area contributed by atoms with E-state index < -0.39 is 5.60 Å². The van der Waals surface area contributed by atoms with Crippen LogP contribution in [0.1, 0.15) is 40.0 Å². The van der Waals surface area contributed by atoms with E-state index >= 15 is 0 Å². The van der Waals surface area contributed by atoms with Gasteiger partial charge in [0, 0.05) is 42.5 Å². The van der Waals surface area contributed by atoms with Gasteiger partial charge in [0.2, 0.25) is 0 Å². The number of nitrogens with zero attached hydrogens (tertiary/aromatic N) is 4. The molecular formula is C32H34F2N4O2. The number of benzene rings is 2. The van der Waals surface area contributed by atoms with Gasteiger partial charge >= 0.3 is 6.09 Å². The number of aromatic nitrogens is 3. The van der Waals surface area contributed by atoms with Crippen molar-refractivity contribution in [2.24, 2.45) is 5.92 Å². The van der Waals surface area contributed by atoms with Crippen LogP contribution in [0.2, 0.25) is 0 Å². The van der Waals surface area contributed by atoms with Crippen LogP contribution in [-0.4, -0.2) is 44.4 Å². The Morgan fingerprint density at radius 2 is 1.55 bits per heavy atom. The summed E-state index contributed by atoms with van der Waals surface area (Å²) in [5.74, 6) is -0.136. The summed E-state index contributed by atoms with van der Waals surface area (Å²) in [6, 6.07) is 16.6. The van der Waals surface area contributed by atoms with Gasteiger partial charge in [0.05, 0.1) is 17.6 Å². The van der Waals surface area contributed by atoms with Crippen molar-refractivity contribution in [3.05, 3.63) is 84.7 Å². The van der Waals surface area contributed by atoms with E-state index in [1.807, 2.05) is 43.8 Å². The van der Waals surface area contributed by atoms with E-state index in [0.717, 1.165) is 52.9 Å². The van der Waals surface area contributed by atoms with Gasteiger partial charge in [-0.3, -0.25) is 9.67 Å². The van der Waals surface area contributed by atoms with Crippen LogP contribution in [0, 0.1) is 17.6 Å². The smallest absolute Gasteiger partial charge is 0.410 e. The van der Waals surface area contributed by atoms with Crippen molar-refractivity contribution in [2.75, 3.05) is 13.1 Å². The van der Waals surface area contributed by atoms with Gasteiger partial charge in [0.15, 0.2) is 0 Å². The molecule has 1 aliphatic rings. The Labute approximate surface area is 233 Å². The fraction of sp³-hybridized carbons (Fsp3) is 0.344. The van der Waals surface area contributed by atoms with E-state index in [4.69, 9.17) is 9.84 Å². The lowest BCUT2D eigenvalue weighted by molar-refractivity contribution is 0.0179. The Hall–Kier alpha value is -4.07. The van der Waals surface area contributed by atoms with E-state index in [9.17, 15) is 13.6 Å². The first-order valence-electron chi connectivity index (χ1n) is 13.7. The Bertz CT molecular complexity index is 1450. The molecule has 0 bridgehead atoms. The maximum Gasteiger partial charge on any atom is 0.410 e. The summed E-state index contributed by atoms with van der Waals surface area (Å²) in [4.78, 5) is 18.8. The van der Waals surface area contributed by atoms with Gasteiger partial charge in [-0.15, -0.1) is 0 Å². The lowest BCUT2D eigenvalue weighted by Gasteiger charge is -2.33. The van der Waals surface area contributed by atoms with Crippen LogP contribution in [-0.2, 0) is 11.3 Å². The number of likely N-dealkylation sites (tertiary alicyclic amines) is 1. The zero-order chi connectivity index (χ0) is 28.3. The van der Waals surface area contributed by atoms with Crippen LogP contribution >= 0.6 is 0 Å². The summed E-state index contributed by atoms with van der Waals surface area (Å²) >= 11 is 0. The molecule has 8 heteroatoms. The van der Waals surface area contributed by atoms with Gasteiger partial charge in [0.25, 0.3) is 0 Å². The lowest BCUT2D eigenvalue weighted by Crippen LogP contribution is -2.41. The number of aryl methyl sites for hydroxylation is 1. The first-order valence-corrected chi connectivity index (χ1v) is 13.7. The molecule has 0 saturated carbocycles. The molecule has 5 rings (SSSR count). The Morgan fingerprint density at radius 1 is 0.925 bits per heavy atom. The Balaban J connectivity index is 1.37. The average molecular weight is 545 g/mol. The number of piperidine rings is 1. The quantitative estimate of drug-likeness (QED) is 0.251. The van der Waals surface area contributed by atoms with Crippen LogP contribution in [0.4, 0.5) is 13.6 Å². The molecule has 3 heterocycles. The third kappa shape index (κ3) is 6.55. The molecule has 2 aromatic heterocycles. The molecule has 1 aliphatic heterocycles. The highest BCUT2D eigenvalue weighted by Crippen LogP contribution is 2.35. The summed E-state index contributed by atoms with van der Waals surface area (Å²) < 4.78 is 34.7. The van der Waals surface area contributed by atoms with E-state index in [2.05, 4.69) is 4.98 Å². The number of halogens is 2. The predicted octanol–water partition coefficient (Wildman–Crippen LogP) is 7.59. The molecule has 0 aliphatic carbocycles. The molecule has 40 heavy (non-hydrogen) atoms. The summed E-state index contributed by atoms with van der Waals surface area (Å²) in [5.41, 5.74) is 4.65. The molecule has 6 nitrogen and oxygen atoms in total. The Kier molecular flexibility index (Phi) is 7.96. The first kappa shape index (κ1) is 27.5. The van der Waals surface area contributed by atoms with Gasteiger partial charge in [0.1, 0.15) is 17.2 Å². The molecule has 0 radical (unpaired) electrons. The number of pyridine rings is 1. The van der Waals surface area contributed by atoms with Crippen LogP contribution in [0.3, 0.4) is 0 Å². The minimum absolute atomic E-state index is 0.251. The van der Waals surface area contributed by atoms with E-state index in [-0.39, 0.29) is 17.7 Å². The zero-order valence-corrected chi connectivity index (χ0v) is 23.1. The predicted molar refractivity (Wildman–Crippen MR) is 151 cm³/mol. The van der Waals surface area contributed by atoms with E-state index in [1.165, 1.54) is 24.3 Å². The van der Waals surface area contributed by atoms with Gasteiger partial charge < -0.3 is 9.64 Å². The number of carbonyl (C=O) groups excluding carboxylic acids is 1.